The highest BCUT2D eigenvalue weighted by molar-refractivity contribution is 5.18. The Morgan fingerprint density at radius 1 is 1.12 bits per heavy atom. The predicted molar refractivity (Wildman–Crippen MR) is 73.5 cm³/mol. The van der Waals surface area contributed by atoms with Crippen LogP contribution in [-0.4, -0.2) is 10.9 Å². The van der Waals surface area contributed by atoms with Gasteiger partial charge in [-0.3, -0.25) is 0 Å². The van der Waals surface area contributed by atoms with Crippen molar-refractivity contribution >= 4 is 0 Å². The monoisotopic (exact) mass is 227 g/mol. The van der Waals surface area contributed by atoms with Gasteiger partial charge in [-0.1, -0.05) is 56.3 Å². The molecule has 1 aliphatic heterocycles. The van der Waals surface area contributed by atoms with Crippen molar-refractivity contribution in [3.63, 3.8) is 0 Å². The molecule has 1 aliphatic rings. The van der Waals surface area contributed by atoms with Crippen LogP contribution in [0.5, 0.6) is 0 Å². The summed E-state index contributed by atoms with van der Waals surface area (Å²) < 4.78 is 0. The highest BCUT2D eigenvalue weighted by Crippen LogP contribution is 2.19. The minimum Gasteiger partial charge on any atom is -0.367 e. The van der Waals surface area contributed by atoms with E-state index >= 15 is 0 Å². The first-order valence-electron chi connectivity index (χ1n) is 6.40. The Kier molecular flexibility index (Phi) is 4.03. The number of benzene rings is 1. The number of hydrogen-bond donors (Lipinski definition) is 0. The summed E-state index contributed by atoms with van der Waals surface area (Å²) in [5, 5.41) is 0. The lowest BCUT2D eigenvalue weighted by Crippen LogP contribution is -2.31. The fourth-order valence-electron chi connectivity index (χ4n) is 2.23. The van der Waals surface area contributed by atoms with Crippen LogP contribution in [-0.2, 0) is 6.54 Å². The molecule has 0 aromatic heterocycles. The molecule has 0 N–H and O–H groups in total. The Morgan fingerprint density at radius 2 is 1.88 bits per heavy atom. The Balaban J connectivity index is 2.03. The zero-order valence-corrected chi connectivity index (χ0v) is 10.7. The summed E-state index contributed by atoms with van der Waals surface area (Å²) in [5.41, 5.74) is 1.38. The first-order valence-corrected chi connectivity index (χ1v) is 6.40. The highest BCUT2D eigenvalue weighted by Gasteiger charge is 2.15. The average molecular weight is 227 g/mol. The third-order valence-electron chi connectivity index (χ3n) is 3.07. The van der Waals surface area contributed by atoms with Gasteiger partial charge in [0.25, 0.3) is 0 Å². The number of rotatable bonds is 4. The fourth-order valence-corrected chi connectivity index (χ4v) is 2.23. The van der Waals surface area contributed by atoms with Gasteiger partial charge in [-0.25, -0.2) is 0 Å². The first kappa shape index (κ1) is 12.0. The molecule has 1 heterocycles. The van der Waals surface area contributed by atoms with E-state index in [2.05, 4.69) is 73.5 Å². The largest absolute Gasteiger partial charge is 0.367 e. The molecule has 2 rings (SSSR count). The predicted octanol–water partition coefficient (Wildman–Crippen LogP) is 3.99. The summed E-state index contributed by atoms with van der Waals surface area (Å²) in [7, 11) is 0. The summed E-state index contributed by atoms with van der Waals surface area (Å²) >= 11 is 0. The van der Waals surface area contributed by atoms with Crippen molar-refractivity contribution in [2.75, 3.05) is 0 Å². The van der Waals surface area contributed by atoms with Crippen molar-refractivity contribution in [2.24, 2.45) is 5.92 Å². The van der Waals surface area contributed by atoms with Gasteiger partial charge >= 0.3 is 0 Å². The molecule has 1 nitrogen and oxygen atoms in total. The van der Waals surface area contributed by atoms with Crippen LogP contribution in [0.15, 0.2) is 54.8 Å². The number of nitrogens with zero attached hydrogens (tertiary/aromatic N) is 1. The topological polar surface area (TPSA) is 3.24 Å². The molecule has 0 amide bonds. The lowest BCUT2D eigenvalue weighted by molar-refractivity contribution is 0.273. The lowest BCUT2D eigenvalue weighted by Gasteiger charge is -2.31. The van der Waals surface area contributed by atoms with Gasteiger partial charge in [0.2, 0.25) is 0 Å². The normalized spacial score (nSPS) is 19.0. The van der Waals surface area contributed by atoms with E-state index in [1.165, 1.54) is 12.0 Å². The molecule has 17 heavy (non-hydrogen) atoms. The van der Waals surface area contributed by atoms with E-state index in [4.69, 9.17) is 0 Å². The van der Waals surface area contributed by atoms with Crippen LogP contribution >= 0.6 is 0 Å². The van der Waals surface area contributed by atoms with Crippen molar-refractivity contribution in [1.82, 2.24) is 4.90 Å². The Hall–Kier alpha value is -1.50. The number of hydrogen-bond acceptors (Lipinski definition) is 1. The molecule has 90 valence electrons. The van der Waals surface area contributed by atoms with Gasteiger partial charge in [0, 0.05) is 12.6 Å². The van der Waals surface area contributed by atoms with Crippen molar-refractivity contribution in [1.29, 1.82) is 0 Å². The first-order chi connectivity index (χ1) is 8.25. The molecule has 0 saturated heterocycles. The molecule has 1 aromatic carbocycles. The number of allylic oxidation sites excluding steroid dienone is 2. The van der Waals surface area contributed by atoms with Gasteiger partial charge in [-0.05, 0) is 30.2 Å². The fraction of sp³-hybridized carbons (Fsp3) is 0.375. The maximum absolute atomic E-state index is 2.43. The molecular formula is C16H21N. The second-order valence-corrected chi connectivity index (χ2v) is 5.08. The second kappa shape index (κ2) is 5.72. The van der Waals surface area contributed by atoms with E-state index in [1.807, 2.05) is 0 Å². The zero-order chi connectivity index (χ0) is 12.1. The molecular weight excluding hydrogens is 206 g/mol. The Bertz CT molecular complexity index is 389. The minimum absolute atomic E-state index is 0.542. The molecule has 1 aromatic rings. The van der Waals surface area contributed by atoms with Crippen molar-refractivity contribution in [2.45, 2.75) is 32.9 Å². The molecule has 0 bridgehead atoms. The smallest absolute Gasteiger partial charge is 0.0476 e. The minimum atomic E-state index is 0.542. The third-order valence-corrected chi connectivity index (χ3v) is 3.07. The van der Waals surface area contributed by atoms with E-state index < -0.39 is 0 Å². The Morgan fingerprint density at radius 3 is 2.59 bits per heavy atom. The van der Waals surface area contributed by atoms with Crippen LogP contribution < -0.4 is 0 Å². The van der Waals surface area contributed by atoms with E-state index in [9.17, 15) is 0 Å². The summed E-state index contributed by atoms with van der Waals surface area (Å²) in [6.45, 7) is 5.57. The molecule has 0 spiro atoms. The molecule has 0 radical (unpaired) electrons. The van der Waals surface area contributed by atoms with Gasteiger partial charge in [-0.2, -0.15) is 0 Å². The lowest BCUT2D eigenvalue weighted by atomic mass is 10.00. The molecule has 0 fully saturated rings. The molecule has 1 unspecified atom stereocenters. The van der Waals surface area contributed by atoms with Gasteiger partial charge in [0.05, 0.1) is 0 Å². The van der Waals surface area contributed by atoms with Crippen LogP contribution in [0.2, 0.25) is 0 Å². The van der Waals surface area contributed by atoms with Crippen LogP contribution in [0.1, 0.15) is 25.8 Å². The van der Waals surface area contributed by atoms with E-state index in [1.54, 1.807) is 0 Å². The van der Waals surface area contributed by atoms with Gasteiger partial charge in [0.15, 0.2) is 0 Å². The van der Waals surface area contributed by atoms with Crippen molar-refractivity contribution in [3.05, 3.63) is 60.3 Å². The summed E-state index contributed by atoms with van der Waals surface area (Å²) in [6, 6.07) is 11.2. The maximum atomic E-state index is 2.43. The van der Waals surface area contributed by atoms with Crippen LogP contribution in [0, 0.1) is 5.92 Å². The quantitative estimate of drug-likeness (QED) is 0.752. The highest BCUT2D eigenvalue weighted by atomic mass is 15.1. The summed E-state index contributed by atoms with van der Waals surface area (Å²) in [6.07, 6.45) is 10.0. The van der Waals surface area contributed by atoms with E-state index in [0.717, 1.165) is 12.5 Å². The van der Waals surface area contributed by atoms with Crippen molar-refractivity contribution < 1.29 is 0 Å². The van der Waals surface area contributed by atoms with Gasteiger partial charge in [0.1, 0.15) is 0 Å². The molecule has 0 saturated carbocycles. The van der Waals surface area contributed by atoms with Gasteiger partial charge in [-0.15, -0.1) is 0 Å². The van der Waals surface area contributed by atoms with Crippen LogP contribution in [0.25, 0.3) is 0 Å². The zero-order valence-electron chi connectivity index (χ0n) is 10.7. The second-order valence-electron chi connectivity index (χ2n) is 5.08. The third kappa shape index (κ3) is 3.48. The SMILES string of the molecule is CC(C)CC1C=CC=CN1Cc1ccccc1. The standard InChI is InChI=1S/C16H21N/c1-14(2)12-16-10-6-7-11-17(16)13-15-8-4-3-5-9-15/h3-11,14,16H,12-13H2,1-2H3. The van der Waals surface area contributed by atoms with Crippen LogP contribution in [0.4, 0.5) is 0 Å². The molecule has 0 aliphatic carbocycles. The summed E-state index contributed by atoms with van der Waals surface area (Å²) in [5.74, 6) is 0.731. The molecule has 1 heteroatoms. The van der Waals surface area contributed by atoms with Gasteiger partial charge < -0.3 is 4.90 Å². The average Bonchev–Trinajstić information content (AvgIpc) is 2.32. The molecule has 1 atom stereocenters. The van der Waals surface area contributed by atoms with Crippen LogP contribution in [0.3, 0.4) is 0 Å². The maximum Gasteiger partial charge on any atom is 0.0476 e. The Labute approximate surface area is 104 Å². The van der Waals surface area contributed by atoms with E-state index in [0.29, 0.717) is 6.04 Å². The van der Waals surface area contributed by atoms with E-state index in [-0.39, 0.29) is 0 Å². The van der Waals surface area contributed by atoms with Crippen molar-refractivity contribution in [3.8, 4) is 0 Å². The summed E-state index contributed by atoms with van der Waals surface area (Å²) in [4.78, 5) is 2.43.